The first-order chi connectivity index (χ1) is 14.9. The molecule has 0 aliphatic carbocycles. The Kier molecular flexibility index (Phi) is 7.37. The van der Waals surface area contributed by atoms with Crippen LogP contribution in [-0.2, 0) is 14.2 Å². The van der Waals surface area contributed by atoms with Crippen molar-refractivity contribution in [3.05, 3.63) is 68.6 Å². The van der Waals surface area contributed by atoms with Crippen molar-refractivity contribution >= 4 is 55.4 Å². The molecule has 2 heterocycles. The minimum Gasteiger partial charge on any atom is -0.455 e. The summed E-state index contributed by atoms with van der Waals surface area (Å²) in [4.78, 5) is 25.6. The average Bonchev–Trinajstić information content (AvgIpc) is 3.26. The fraction of sp³-hybridized carbons (Fsp3) is 0.391. The van der Waals surface area contributed by atoms with Gasteiger partial charge in [0.1, 0.15) is 6.10 Å². The van der Waals surface area contributed by atoms with Crippen LogP contribution in [0.15, 0.2) is 57.5 Å². The fourth-order valence-corrected chi connectivity index (χ4v) is 4.80. The lowest BCUT2D eigenvalue weighted by atomic mass is 10.0. The Labute approximate surface area is 202 Å². The SMILES string of the molecule is O=C(O[C@@H]1[C@@H]2CC[C@@H](O2)[C@H](Cl)CC[C@H]1OC(=O)c1ccc(Br)cc1)c1ccc(Br)cc1. The monoisotopic (exact) mass is 570 g/mol. The number of rotatable bonds is 4. The molecule has 2 aliphatic heterocycles. The molecule has 0 amide bonds. The predicted octanol–water partition coefficient (Wildman–Crippen LogP) is 5.91. The molecule has 0 saturated carbocycles. The molecule has 2 aromatic carbocycles. The maximum Gasteiger partial charge on any atom is 0.338 e. The Balaban J connectivity index is 1.55. The number of esters is 2. The lowest BCUT2D eigenvalue weighted by Crippen LogP contribution is -2.46. The van der Waals surface area contributed by atoms with Crippen LogP contribution in [0.25, 0.3) is 0 Å². The van der Waals surface area contributed by atoms with E-state index < -0.39 is 24.1 Å². The molecule has 8 heteroatoms. The van der Waals surface area contributed by atoms with Crippen molar-refractivity contribution in [1.29, 1.82) is 0 Å². The van der Waals surface area contributed by atoms with E-state index in [-0.39, 0.29) is 17.6 Å². The van der Waals surface area contributed by atoms with Gasteiger partial charge in [-0.25, -0.2) is 9.59 Å². The van der Waals surface area contributed by atoms with Crippen LogP contribution in [0.3, 0.4) is 0 Å². The zero-order chi connectivity index (χ0) is 22.0. The van der Waals surface area contributed by atoms with Gasteiger partial charge in [0.25, 0.3) is 0 Å². The number of alkyl halides is 1. The first-order valence-electron chi connectivity index (χ1n) is 10.1. The molecule has 4 rings (SSSR count). The zero-order valence-electron chi connectivity index (χ0n) is 16.5. The van der Waals surface area contributed by atoms with Gasteiger partial charge < -0.3 is 14.2 Å². The molecule has 31 heavy (non-hydrogen) atoms. The largest absolute Gasteiger partial charge is 0.455 e. The second-order valence-corrected chi connectivity index (χ2v) is 10.1. The summed E-state index contributed by atoms with van der Waals surface area (Å²) in [5.74, 6) is -0.944. The van der Waals surface area contributed by atoms with E-state index in [4.69, 9.17) is 25.8 Å². The maximum atomic E-state index is 12.8. The van der Waals surface area contributed by atoms with E-state index in [2.05, 4.69) is 31.9 Å². The summed E-state index contributed by atoms with van der Waals surface area (Å²) in [6, 6.07) is 13.9. The molecule has 0 aromatic heterocycles. The summed E-state index contributed by atoms with van der Waals surface area (Å²) in [5.41, 5.74) is 0.851. The Morgan fingerprint density at radius 3 is 1.87 bits per heavy atom. The van der Waals surface area contributed by atoms with Crippen LogP contribution in [0, 0.1) is 0 Å². The average molecular weight is 573 g/mol. The third kappa shape index (κ3) is 5.51. The van der Waals surface area contributed by atoms with Crippen molar-refractivity contribution in [2.75, 3.05) is 0 Å². The van der Waals surface area contributed by atoms with Crippen LogP contribution in [0.2, 0.25) is 0 Å². The van der Waals surface area contributed by atoms with Gasteiger partial charge >= 0.3 is 11.9 Å². The molecular formula is C23H21Br2ClO5. The molecule has 2 saturated heterocycles. The first kappa shape index (κ1) is 22.8. The zero-order valence-corrected chi connectivity index (χ0v) is 20.4. The van der Waals surface area contributed by atoms with Gasteiger partial charge in [-0.2, -0.15) is 0 Å². The van der Waals surface area contributed by atoms with Crippen molar-refractivity contribution in [3.63, 3.8) is 0 Å². The van der Waals surface area contributed by atoms with Crippen LogP contribution in [-0.4, -0.2) is 41.7 Å². The summed E-state index contributed by atoms with van der Waals surface area (Å²) in [6.45, 7) is 0. The quantitative estimate of drug-likeness (QED) is 0.337. The minimum atomic E-state index is -0.704. The van der Waals surface area contributed by atoms with E-state index in [0.29, 0.717) is 30.4 Å². The molecule has 5 nitrogen and oxygen atoms in total. The molecule has 0 unspecified atom stereocenters. The summed E-state index contributed by atoms with van der Waals surface area (Å²) >= 11 is 13.2. The van der Waals surface area contributed by atoms with Crippen LogP contribution in [0.1, 0.15) is 46.4 Å². The van der Waals surface area contributed by atoms with E-state index in [1.165, 1.54) is 0 Å². The van der Waals surface area contributed by atoms with Gasteiger partial charge in [-0.15, -0.1) is 11.6 Å². The number of ether oxygens (including phenoxy) is 3. The molecule has 2 bridgehead atoms. The van der Waals surface area contributed by atoms with Crippen molar-refractivity contribution in [3.8, 4) is 0 Å². The van der Waals surface area contributed by atoms with Gasteiger partial charge in [0, 0.05) is 8.95 Å². The molecular weight excluding hydrogens is 552 g/mol. The minimum absolute atomic E-state index is 0.0799. The Morgan fingerprint density at radius 1 is 0.774 bits per heavy atom. The molecule has 5 atom stereocenters. The van der Waals surface area contributed by atoms with Gasteiger partial charge in [0.05, 0.1) is 28.7 Å². The molecule has 0 N–H and O–H groups in total. The van der Waals surface area contributed by atoms with Crippen LogP contribution < -0.4 is 0 Å². The number of halogens is 3. The number of hydrogen-bond donors (Lipinski definition) is 0. The molecule has 0 spiro atoms. The summed E-state index contributed by atoms with van der Waals surface area (Å²) < 4.78 is 19.6. The summed E-state index contributed by atoms with van der Waals surface area (Å²) in [7, 11) is 0. The summed E-state index contributed by atoms with van der Waals surface area (Å²) in [6.07, 6.45) is 0.772. The van der Waals surface area contributed by atoms with Gasteiger partial charge in [-0.1, -0.05) is 31.9 Å². The number of fused-ring (bicyclic) bond motifs is 2. The molecule has 2 fully saturated rings. The number of carbonyl (C=O) groups excluding carboxylic acids is 2. The predicted molar refractivity (Wildman–Crippen MR) is 123 cm³/mol. The van der Waals surface area contributed by atoms with Crippen LogP contribution in [0.5, 0.6) is 0 Å². The van der Waals surface area contributed by atoms with Crippen LogP contribution in [0.4, 0.5) is 0 Å². The second kappa shape index (κ2) is 10.0. The van der Waals surface area contributed by atoms with E-state index >= 15 is 0 Å². The van der Waals surface area contributed by atoms with E-state index in [9.17, 15) is 9.59 Å². The van der Waals surface area contributed by atoms with Gasteiger partial charge in [0.2, 0.25) is 0 Å². The highest BCUT2D eigenvalue weighted by Gasteiger charge is 2.45. The Hall–Kier alpha value is -1.41. The normalized spacial score (nSPS) is 27.8. The molecule has 164 valence electrons. The van der Waals surface area contributed by atoms with E-state index in [0.717, 1.165) is 15.4 Å². The number of benzene rings is 2. The lowest BCUT2D eigenvalue weighted by Gasteiger charge is -2.34. The van der Waals surface area contributed by atoms with Gasteiger partial charge in [0.15, 0.2) is 6.10 Å². The standard InChI is InChI=1S/C23H21Br2ClO5/c24-15-5-1-13(2-6-15)22(27)30-20-10-9-17(26)18-11-12-19(29-18)21(20)31-23(28)14-3-7-16(25)8-4-14/h1-8,17-21H,9-12H2/t17-,18-,19+,20-,21-/m1/s1. The number of hydrogen-bond acceptors (Lipinski definition) is 5. The van der Waals surface area contributed by atoms with E-state index in [1.807, 2.05) is 0 Å². The van der Waals surface area contributed by atoms with Crippen LogP contribution >= 0.6 is 43.5 Å². The third-order valence-corrected chi connectivity index (χ3v) is 7.17. The highest BCUT2D eigenvalue weighted by atomic mass is 79.9. The number of carbonyl (C=O) groups is 2. The van der Waals surface area contributed by atoms with E-state index in [1.54, 1.807) is 48.5 Å². The Morgan fingerprint density at radius 2 is 1.29 bits per heavy atom. The molecule has 0 radical (unpaired) electrons. The van der Waals surface area contributed by atoms with Gasteiger partial charge in [-0.3, -0.25) is 0 Å². The second-order valence-electron chi connectivity index (χ2n) is 7.71. The third-order valence-electron chi connectivity index (χ3n) is 5.61. The fourth-order valence-electron chi connectivity index (χ4n) is 3.96. The Bertz CT molecular complexity index is 934. The van der Waals surface area contributed by atoms with Gasteiger partial charge in [-0.05, 0) is 74.2 Å². The lowest BCUT2D eigenvalue weighted by molar-refractivity contribution is -0.110. The maximum absolute atomic E-state index is 12.8. The highest BCUT2D eigenvalue weighted by molar-refractivity contribution is 9.10. The van der Waals surface area contributed by atoms with Crippen molar-refractivity contribution < 1.29 is 23.8 Å². The molecule has 2 aromatic rings. The van der Waals surface area contributed by atoms with Crippen molar-refractivity contribution in [2.45, 2.75) is 55.5 Å². The van der Waals surface area contributed by atoms with Crippen molar-refractivity contribution in [2.24, 2.45) is 0 Å². The highest BCUT2D eigenvalue weighted by Crippen LogP contribution is 2.36. The topological polar surface area (TPSA) is 61.8 Å². The van der Waals surface area contributed by atoms with Crippen molar-refractivity contribution in [1.82, 2.24) is 0 Å². The molecule has 2 aliphatic rings. The smallest absolute Gasteiger partial charge is 0.338 e. The summed E-state index contributed by atoms with van der Waals surface area (Å²) in [5, 5.41) is -0.165. The first-order valence-corrected chi connectivity index (χ1v) is 12.2.